The maximum absolute atomic E-state index is 12.4. The highest BCUT2D eigenvalue weighted by Crippen LogP contribution is 2.25. The van der Waals surface area contributed by atoms with Crippen LogP contribution in [0.1, 0.15) is 28.2 Å². The Bertz CT molecular complexity index is 471. The minimum Gasteiger partial charge on any atom is -0.465 e. The molecular weight excluding hydrogens is 242 g/mol. The molecule has 0 unspecified atom stereocenters. The molecule has 0 saturated carbocycles. The van der Waals surface area contributed by atoms with Crippen LogP contribution in [0.15, 0.2) is 6.07 Å². The second-order valence-corrected chi connectivity index (χ2v) is 3.04. The smallest absolute Gasteiger partial charge is 0.339 e. The first kappa shape index (κ1) is 12.3. The number of aromatic nitrogens is 1. The maximum Gasteiger partial charge on any atom is 0.339 e. The van der Waals surface area contributed by atoms with Crippen LogP contribution >= 0.6 is 11.6 Å². The first-order valence-electron chi connectivity index (χ1n) is 3.98. The van der Waals surface area contributed by atoms with E-state index in [4.69, 9.17) is 16.9 Å². The lowest BCUT2D eigenvalue weighted by Crippen LogP contribution is -2.07. The number of nitrogens with zero attached hydrogens (tertiary/aromatic N) is 2. The first-order chi connectivity index (χ1) is 7.51. The van der Waals surface area contributed by atoms with E-state index >= 15 is 0 Å². The lowest BCUT2D eigenvalue weighted by molar-refractivity contribution is 0.0600. The lowest BCUT2D eigenvalue weighted by Gasteiger charge is -2.06. The molecule has 0 fully saturated rings. The van der Waals surface area contributed by atoms with E-state index in [1.807, 2.05) is 0 Å². The van der Waals surface area contributed by atoms with Gasteiger partial charge in [0.05, 0.1) is 17.7 Å². The standard InChI is InChI=1S/C9H5ClF2N2O2/c1-16-9(15)4-2-5(8(11)12)14-6(3-13)7(4)10/h2,8H,1H3. The lowest BCUT2D eigenvalue weighted by atomic mass is 10.2. The van der Waals surface area contributed by atoms with E-state index in [1.54, 1.807) is 0 Å². The van der Waals surface area contributed by atoms with E-state index in [2.05, 4.69) is 9.72 Å². The Morgan fingerprint density at radius 3 is 2.75 bits per heavy atom. The molecule has 0 spiro atoms. The second-order valence-electron chi connectivity index (χ2n) is 2.66. The molecule has 0 aliphatic carbocycles. The van der Waals surface area contributed by atoms with Gasteiger partial charge < -0.3 is 4.74 Å². The fourth-order valence-corrected chi connectivity index (χ4v) is 1.21. The largest absolute Gasteiger partial charge is 0.465 e. The van der Waals surface area contributed by atoms with Crippen LogP contribution in [-0.2, 0) is 4.74 Å². The van der Waals surface area contributed by atoms with Crippen LogP contribution < -0.4 is 0 Å². The summed E-state index contributed by atoms with van der Waals surface area (Å²) in [5.41, 5.74) is -1.42. The number of rotatable bonds is 2. The summed E-state index contributed by atoms with van der Waals surface area (Å²) in [5, 5.41) is 8.32. The van der Waals surface area contributed by atoms with Gasteiger partial charge in [-0.25, -0.2) is 18.6 Å². The van der Waals surface area contributed by atoms with Crippen molar-refractivity contribution in [2.45, 2.75) is 6.43 Å². The highest BCUT2D eigenvalue weighted by Gasteiger charge is 2.20. The highest BCUT2D eigenvalue weighted by atomic mass is 35.5. The molecule has 4 nitrogen and oxygen atoms in total. The molecule has 0 saturated heterocycles. The molecule has 0 aliphatic rings. The van der Waals surface area contributed by atoms with Crippen LogP contribution in [0.5, 0.6) is 0 Å². The monoisotopic (exact) mass is 246 g/mol. The van der Waals surface area contributed by atoms with Gasteiger partial charge in [0.1, 0.15) is 11.8 Å². The average molecular weight is 247 g/mol. The molecule has 0 aromatic carbocycles. The zero-order valence-electron chi connectivity index (χ0n) is 8.00. The summed E-state index contributed by atoms with van der Waals surface area (Å²) >= 11 is 5.63. The molecule has 84 valence electrons. The minimum absolute atomic E-state index is 0.293. The summed E-state index contributed by atoms with van der Waals surface area (Å²) in [7, 11) is 1.08. The van der Waals surface area contributed by atoms with Crippen LogP contribution in [-0.4, -0.2) is 18.1 Å². The van der Waals surface area contributed by atoms with Crippen molar-refractivity contribution >= 4 is 17.6 Å². The second kappa shape index (κ2) is 4.86. The third-order valence-corrected chi connectivity index (χ3v) is 2.09. The third kappa shape index (κ3) is 2.25. The van der Waals surface area contributed by atoms with Crippen molar-refractivity contribution < 1.29 is 18.3 Å². The molecule has 16 heavy (non-hydrogen) atoms. The van der Waals surface area contributed by atoms with Crippen LogP contribution in [0, 0.1) is 11.3 Å². The van der Waals surface area contributed by atoms with E-state index in [1.165, 1.54) is 6.07 Å². The Hall–Kier alpha value is -1.74. The molecule has 1 aromatic heterocycles. The molecule has 7 heteroatoms. The van der Waals surface area contributed by atoms with Crippen molar-refractivity contribution in [3.05, 3.63) is 28.0 Å². The normalized spacial score (nSPS) is 10.0. The van der Waals surface area contributed by atoms with Gasteiger partial charge in [-0.15, -0.1) is 0 Å². The molecule has 0 bridgehead atoms. The van der Waals surface area contributed by atoms with Gasteiger partial charge in [0.2, 0.25) is 0 Å². The topological polar surface area (TPSA) is 63.0 Å². The van der Waals surface area contributed by atoms with Crippen molar-refractivity contribution in [3.8, 4) is 6.07 Å². The van der Waals surface area contributed by atoms with E-state index in [0.29, 0.717) is 0 Å². The van der Waals surface area contributed by atoms with Gasteiger partial charge in [-0.1, -0.05) is 11.6 Å². The van der Waals surface area contributed by atoms with Crippen LogP contribution in [0.4, 0.5) is 8.78 Å². The summed E-state index contributed by atoms with van der Waals surface area (Å²) < 4.78 is 29.1. The summed E-state index contributed by atoms with van der Waals surface area (Å²) in [5.74, 6) is -0.897. The SMILES string of the molecule is COC(=O)c1cc(C(F)F)nc(C#N)c1Cl. The molecule has 0 radical (unpaired) electrons. The van der Waals surface area contributed by atoms with E-state index < -0.39 is 23.8 Å². The Morgan fingerprint density at radius 2 is 2.31 bits per heavy atom. The number of pyridine rings is 1. The summed E-state index contributed by atoms with van der Waals surface area (Å²) in [6.07, 6.45) is -2.90. The van der Waals surface area contributed by atoms with E-state index in [-0.39, 0.29) is 10.6 Å². The summed E-state index contributed by atoms with van der Waals surface area (Å²) in [6, 6.07) is 2.33. The fraction of sp³-hybridized carbons (Fsp3) is 0.222. The van der Waals surface area contributed by atoms with Crippen LogP contribution in [0.3, 0.4) is 0 Å². The molecular formula is C9H5ClF2N2O2. The van der Waals surface area contributed by atoms with E-state index in [9.17, 15) is 13.6 Å². The molecule has 1 heterocycles. The zero-order valence-corrected chi connectivity index (χ0v) is 8.76. The number of nitriles is 1. The van der Waals surface area contributed by atoms with Crippen molar-refractivity contribution in [2.24, 2.45) is 0 Å². The number of hydrogen-bond acceptors (Lipinski definition) is 4. The molecule has 1 aromatic rings. The number of halogens is 3. The Labute approximate surface area is 94.4 Å². The Balaban J connectivity index is 3.43. The van der Waals surface area contributed by atoms with E-state index in [0.717, 1.165) is 13.2 Å². The highest BCUT2D eigenvalue weighted by molar-refractivity contribution is 6.34. The Kier molecular flexibility index (Phi) is 3.74. The van der Waals surface area contributed by atoms with Gasteiger partial charge in [-0.3, -0.25) is 0 Å². The minimum atomic E-state index is -2.90. The van der Waals surface area contributed by atoms with Gasteiger partial charge in [0, 0.05) is 0 Å². The van der Waals surface area contributed by atoms with Crippen molar-refractivity contribution in [1.82, 2.24) is 4.98 Å². The van der Waals surface area contributed by atoms with Crippen molar-refractivity contribution in [1.29, 1.82) is 5.26 Å². The quantitative estimate of drug-likeness (QED) is 0.752. The molecule has 0 atom stereocenters. The van der Waals surface area contributed by atoms with Crippen LogP contribution in [0.2, 0.25) is 5.02 Å². The molecule has 0 N–H and O–H groups in total. The van der Waals surface area contributed by atoms with Gasteiger partial charge in [0.15, 0.2) is 5.69 Å². The van der Waals surface area contributed by atoms with Gasteiger partial charge in [-0.2, -0.15) is 5.26 Å². The summed E-state index contributed by atoms with van der Waals surface area (Å²) in [6.45, 7) is 0. The number of ether oxygens (including phenoxy) is 1. The number of carbonyl (C=O) groups is 1. The first-order valence-corrected chi connectivity index (χ1v) is 4.36. The van der Waals surface area contributed by atoms with Gasteiger partial charge >= 0.3 is 5.97 Å². The fourth-order valence-electron chi connectivity index (χ4n) is 0.994. The third-order valence-electron chi connectivity index (χ3n) is 1.71. The summed E-state index contributed by atoms with van der Waals surface area (Å²) in [4.78, 5) is 14.5. The van der Waals surface area contributed by atoms with Gasteiger partial charge in [0.25, 0.3) is 6.43 Å². The van der Waals surface area contributed by atoms with Crippen molar-refractivity contribution in [3.63, 3.8) is 0 Å². The number of methoxy groups -OCH3 is 1. The number of carbonyl (C=O) groups excluding carboxylic acids is 1. The average Bonchev–Trinajstić information content (AvgIpc) is 2.28. The number of esters is 1. The maximum atomic E-state index is 12.4. The number of alkyl halides is 2. The Morgan fingerprint density at radius 1 is 1.69 bits per heavy atom. The van der Waals surface area contributed by atoms with Crippen molar-refractivity contribution in [2.75, 3.05) is 7.11 Å². The number of hydrogen-bond donors (Lipinski definition) is 0. The van der Waals surface area contributed by atoms with Crippen LogP contribution in [0.25, 0.3) is 0 Å². The molecule has 1 rings (SSSR count). The zero-order chi connectivity index (χ0) is 12.3. The predicted molar refractivity (Wildman–Crippen MR) is 50.3 cm³/mol. The van der Waals surface area contributed by atoms with Gasteiger partial charge in [-0.05, 0) is 6.07 Å². The molecule has 0 amide bonds. The molecule has 0 aliphatic heterocycles. The predicted octanol–water partition coefficient (Wildman–Crippen LogP) is 2.33.